The minimum Gasteiger partial charge on any atom is -0.385 e. The maximum atomic E-state index is 14.2. The van der Waals surface area contributed by atoms with Crippen molar-refractivity contribution in [1.82, 2.24) is 19.8 Å². The zero-order chi connectivity index (χ0) is 26.4. The summed E-state index contributed by atoms with van der Waals surface area (Å²) in [5, 5.41) is 15.1. The van der Waals surface area contributed by atoms with Crippen LogP contribution in [0.1, 0.15) is 60.6 Å². The molecule has 2 N–H and O–H groups in total. The molecule has 5 rings (SSSR count). The topological polar surface area (TPSA) is 79.6 Å². The Balaban J connectivity index is 1.43. The van der Waals surface area contributed by atoms with E-state index < -0.39 is 5.60 Å². The third-order valence-electron chi connectivity index (χ3n) is 8.19. The molecule has 0 radical (unpaired) electrons. The summed E-state index contributed by atoms with van der Waals surface area (Å²) in [4.78, 5) is 20.9. The highest BCUT2D eigenvalue weighted by atomic mass is 16.5. The molecule has 1 amide bonds. The van der Waals surface area contributed by atoms with E-state index in [1.165, 1.54) is 5.56 Å². The SMILES string of the molecule is COC[C@]1(O)CCCC[C@H]1n1cnc(C(=O)N2CCNC[C@H]2CCCc2ccccc2)c1-c1ccccc1. The Hall–Kier alpha value is -3.00. The first kappa shape index (κ1) is 26.6. The van der Waals surface area contributed by atoms with Crippen LogP contribution in [0, 0.1) is 0 Å². The summed E-state index contributed by atoms with van der Waals surface area (Å²) in [6, 6.07) is 20.4. The first-order chi connectivity index (χ1) is 18.6. The van der Waals surface area contributed by atoms with Gasteiger partial charge < -0.3 is 24.6 Å². The average molecular weight is 517 g/mol. The van der Waals surface area contributed by atoms with E-state index in [1.54, 1.807) is 13.4 Å². The highest BCUT2D eigenvalue weighted by Gasteiger charge is 2.42. The van der Waals surface area contributed by atoms with Gasteiger partial charge in [-0.25, -0.2) is 4.98 Å². The molecule has 0 unspecified atom stereocenters. The number of aliphatic hydroxyl groups is 1. The summed E-state index contributed by atoms with van der Waals surface area (Å²) in [7, 11) is 1.63. The lowest BCUT2D eigenvalue weighted by Gasteiger charge is -2.41. The number of aromatic nitrogens is 2. The van der Waals surface area contributed by atoms with Crippen LogP contribution in [0.15, 0.2) is 67.0 Å². The highest BCUT2D eigenvalue weighted by Crippen LogP contribution is 2.41. The Labute approximate surface area is 225 Å². The van der Waals surface area contributed by atoms with Crippen molar-refractivity contribution in [3.8, 4) is 11.3 Å². The molecule has 7 nitrogen and oxygen atoms in total. The molecule has 2 aliphatic rings. The molecule has 0 spiro atoms. The number of hydrogen-bond donors (Lipinski definition) is 2. The van der Waals surface area contributed by atoms with Gasteiger partial charge in [-0.15, -0.1) is 0 Å². The maximum absolute atomic E-state index is 14.2. The molecule has 202 valence electrons. The Kier molecular flexibility index (Phi) is 8.57. The molecule has 2 fully saturated rings. The van der Waals surface area contributed by atoms with Gasteiger partial charge in [-0.05, 0) is 37.7 Å². The summed E-state index contributed by atoms with van der Waals surface area (Å²) >= 11 is 0. The zero-order valence-corrected chi connectivity index (χ0v) is 22.4. The van der Waals surface area contributed by atoms with Crippen molar-refractivity contribution in [2.24, 2.45) is 0 Å². The van der Waals surface area contributed by atoms with Crippen LogP contribution >= 0.6 is 0 Å². The standard InChI is InChI=1S/C31H40N4O3/c1-38-22-31(37)18-9-8-17-27(31)35-23-33-28(29(35)25-14-6-3-7-15-25)30(36)34-20-19-32-21-26(34)16-10-13-24-11-4-2-5-12-24/h2-7,11-12,14-15,23,26-27,32,37H,8-10,13,16-22H2,1H3/t26-,27-,31-/m1/s1. The van der Waals surface area contributed by atoms with Gasteiger partial charge in [0.2, 0.25) is 0 Å². The molecule has 1 saturated heterocycles. The number of rotatable bonds is 9. The van der Waals surface area contributed by atoms with Gasteiger partial charge in [-0.1, -0.05) is 73.5 Å². The lowest BCUT2D eigenvalue weighted by Crippen LogP contribution is -2.53. The fourth-order valence-corrected chi connectivity index (χ4v) is 6.26. The summed E-state index contributed by atoms with van der Waals surface area (Å²) in [6.07, 6.45) is 8.19. The van der Waals surface area contributed by atoms with E-state index in [1.807, 2.05) is 45.9 Å². The number of carbonyl (C=O) groups is 1. The minimum atomic E-state index is -0.993. The second-order valence-corrected chi connectivity index (χ2v) is 10.7. The largest absolute Gasteiger partial charge is 0.385 e. The lowest BCUT2D eigenvalue weighted by molar-refractivity contribution is -0.0893. The average Bonchev–Trinajstić information content (AvgIpc) is 3.39. The van der Waals surface area contributed by atoms with Gasteiger partial charge in [-0.2, -0.15) is 0 Å². The van der Waals surface area contributed by atoms with E-state index in [0.717, 1.165) is 62.9 Å². The van der Waals surface area contributed by atoms with Crippen LogP contribution in [0.5, 0.6) is 0 Å². The van der Waals surface area contributed by atoms with E-state index >= 15 is 0 Å². The number of nitrogens with one attached hydrogen (secondary N) is 1. The van der Waals surface area contributed by atoms with Gasteiger partial charge >= 0.3 is 0 Å². The normalized spacial score (nSPS) is 23.9. The Morgan fingerprint density at radius 2 is 1.89 bits per heavy atom. The van der Waals surface area contributed by atoms with Crippen LogP contribution in [0.4, 0.5) is 0 Å². The summed E-state index contributed by atoms with van der Waals surface area (Å²) in [5.41, 5.74) is 2.53. The van der Waals surface area contributed by atoms with E-state index in [0.29, 0.717) is 18.7 Å². The first-order valence-electron chi connectivity index (χ1n) is 14.0. The van der Waals surface area contributed by atoms with Crippen molar-refractivity contribution in [3.63, 3.8) is 0 Å². The fraction of sp³-hybridized carbons (Fsp3) is 0.484. The smallest absolute Gasteiger partial charge is 0.275 e. The van der Waals surface area contributed by atoms with Crippen molar-refractivity contribution in [3.05, 3.63) is 78.2 Å². The molecule has 1 aromatic heterocycles. The van der Waals surface area contributed by atoms with Crippen LogP contribution in [0.25, 0.3) is 11.3 Å². The molecule has 1 aliphatic carbocycles. The number of methoxy groups -OCH3 is 1. The van der Waals surface area contributed by atoms with E-state index in [2.05, 4.69) is 29.6 Å². The number of amides is 1. The third-order valence-corrected chi connectivity index (χ3v) is 8.19. The van der Waals surface area contributed by atoms with Crippen LogP contribution in [-0.2, 0) is 11.2 Å². The molecule has 3 atom stereocenters. The van der Waals surface area contributed by atoms with Crippen LogP contribution in [-0.4, -0.2) is 70.5 Å². The maximum Gasteiger partial charge on any atom is 0.275 e. The zero-order valence-electron chi connectivity index (χ0n) is 22.4. The molecular formula is C31H40N4O3. The van der Waals surface area contributed by atoms with Gasteiger partial charge in [0.15, 0.2) is 5.69 Å². The first-order valence-corrected chi connectivity index (χ1v) is 14.0. The van der Waals surface area contributed by atoms with Gasteiger partial charge in [0.1, 0.15) is 5.60 Å². The van der Waals surface area contributed by atoms with Crippen molar-refractivity contribution >= 4 is 5.91 Å². The molecular weight excluding hydrogens is 476 g/mol. The summed E-state index contributed by atoms with van der Waals surface area (Å²) in [5.74, 6) is -0.0279. The minimum absolute atomic E-state index is 0.0279. The molecule has 1 saturated carbocycles. The van der Waals surface area contributed by atoms with Gasteiger partial charge in [-0.3, -0.25) is 4.79 Å². The number of aryl methyl sites for hydroxylation is 1. The molecule has 2 aromatic carbocycles. The third kappa shape index (κ3) is 5.70. The van der Waals surface area contributed by atoms with Crippen LogP contribution in [0.3, 0.4) is 0 Å². The monoisotopic (exact) mass is 516 g/mol. The molecule has 0 bridgehead atoms. The lowest BCUT2D eigenvalue weighted by atomic mass is 9.80. The quantitative estimate of drug-likeness (QED) is 0.438. The summed E-state index contributed by atoms with van der Waals surface area (Å²) < 4.78 is 7.50. The highest BCUT2D eigenvalue weighted by molar-refractivity contribution is 5.98. The number of nitrogens with zero attached hydrogens (tertiary/aromatic N) is 3. The van der Waals surface area contributed by atoms with E-state index in [-0.39, 0.29) is 24.6 Å². The molecule has 1 aliphatic heterocycles. The molecule has 7 heteroatoms. The second-order valence-electron chi connectivity index (χ2n) is 10.7. The molecule has 38 heavy (non-hydrogen) atoms. The Morgan fingerprint density at radius 3 is 2.66 bits per heavy atom. The van der Waals surface area contributed by atoms with Gasteiger partial charge in [0, 0.05) is 38.3 Å². The number of ether oxygens (including phenoxy) is 1. The van der Waals surface area contributed by atoms with E-state index in [4.69, 9.17) is 9.72 Å². The number of imidazole rings is 1. The second kappa shape index (κ2) is 12.2. The van der Waals surface area contributed by atoms with E-state index in [9.17, 15) is 9.90 Å². The predicted molar refractivity (Wildman–Crippen MR) is 149 cm³/mol. The fourth-order valence-electron chi connectivity index (χ4n) is 6.26. The van der Waals surface area contributed by atoms with Crippen molar-refractivity contribution < 1.29 is 14.6 Å². The number of piperazine rings is 1. The van der Waals surface area contributed by atoms with Crippen molar-refractivity contribution in [1.29, 1.82) is 0 Å². The number of benzene rings is 2. The number of carbonyl (C=O) groups excluding carboxylic acids is 1. The Morgan fingerprint density at radius 1 is 1.13 bits per heavy atom. The van der Waals surface area contributed by atoms with Crippen molar-refractivity contribution in [2.75, 3.05) is 33.4 Å². The number of hydrogen-bond acceptors (Lipinski definition) is 5. The molecule has 2 heterocycles. The van der Waals surface area contributed by atoms with Gasteiger partial charge in [0.05, 0.1) is 24.7 Å². The molecule has 3 aromatic rings. The van der Waals surface area contributed by atoms with Crippen LogP contribution in [0.2, 0.25) is 0 Å². The summed E-state index contributed by atoms with van der Waals surface area (Å²) in [6.45, 7) is 2.48. The predicted octanol–water partition coefficient (Wildman–Crippen LogP) is 4.48. The van der Waals surface area contributed by atoms with Crippen LogP contribution < -0.4 is 5.32 Å². The van der Waals surface area contributed by atoms with Gasteiger partial charge in [0.25, 0.3) is 5.91 Å². The Bertz CT molecular complexity index is 1180. The van der Waals surface area contributed by atoms with Crippen molar-refractivity contribution in [2.45, 2.75) is 62.6 Å².